The molecule has 1 aromatic rings. The van der Waals surface area contributed by atoms with Crippen LogP contribution >= 0.6 is 0 Å². The van der Waals surface area contributed by atoms with Gasteiger partial charge in [0.2, 0.25) is 0 Å². The van der Waals surface area contributed by atoms with Gasteiger partial charge in [-0.25, -0.2) is 0 Å². The van der Waals surface area contributed by atoms with Gasteiger partial charge in [-0.1, -0.05) is 0 Å². The van der Waals surface area contributed by atoms with E-state index in [1.807, 2.05) is 6.92 Å². The van der Waals surface area contributed by atoms with Crippen LogP contribution in [0.15, 0.2) is 16.7 Å². The molecule has 0 amide bonds. The summed E-state index contributed by atoms with van der Waals surface area (Å²) in [4.78, 5) is 2.25. The van der Waals surface area contributed by atoms with Crippen LogP contribution in [0.4, 0.5) is 0 Å². The zero-order chi connectivity index (χ0) is 14.3. The van der Waals surface area contributed by atoms with Gasteiger partial charge in [0.25, 0.3) is 0 Å². The highest BCUT2D eigenvalue weighted by molar-refractivity contribution is 5.17. The standard InChI is InChI=1S/C15H28N2O2/c1-6-18-10-8-17(5)12-13-7-9-19-14(13)11-16-15(2,3)4/h7,9,16H,6,8,10-12H2,1-5H3. The number of nitrogens with zero attached hydrogens (tertiary/aromatic N) is 1. The van der Waals surface area contributed by atoms with E-state index in [1.54, 1.807) is 6.26 Å². The summed E-state index contributed by atoms with van der Waals surface area (Å²) in [5, 5.41) is 3.45. The topological polar surface area (TPSA) is 37.6 Å². The van der Waals surface area contributed by atoms with E-state index in [2.05, 4.69) is 44.1 Å². The Balaban J connectivity index is 2.43. The molecular formula is C15H28N2O2. The number of likely N-dealkylation sites (N-methyl/N-ethyl adjacent to an activating group) is 1. The zero-order valence-corrected chi connectivity index (χ0v) is 13.0. The highest BCUT2D eigenvalue weighted by atomic mass is 16.5. The minimum absolute atomic E-state index is 0.102. The van der Waals surface area contributed by atoms with Crippen LogP contribution < -0.4 is 5.32 Å². The SMILES string of the molecule is CCOCCN(C)Cc1ccoc1CNC(C)(C)C. The Morgan fingerprint density at radius 3 is 2.74 bits per heavy atom. The summed E-state index contributed by atoms with van der Waals surface area (Å²) in [6, 6.07) is 2.05. The Kier molecular flexibility index (Phi) is 6.55. The first kappa shape index (κ1) is 16.2. The quantitative estimate of drug-likeness (QED) is 0.736. The average molecular weight is 268 g/mol. The van der Waals surface area contributed by atoms with Crippen molar-refractivity contribution >= 4 is 0 Å². The first-order valence-electron chi connectivity index (χ1n) is 6.99. The highest BCUT2D eigenvalue weighted by Crippen LogP contribution is 2.14. The van der Waals surface area contributed by atoms with E-state index in [4.69, 9.17) is 9.15 Å². The molecule has 0 spiro atoms. The lowest BCUT2D eigenvalue weighted by molar-refractivity contribution is 0.120. The fourth-order valence-corrected chi connectivity index (χ4v) is 1.74. The summed E-state index contributed by atoms with van der Waals surface area (Å²) in [6.45, 7) is 12.6. The van der Waals surface area contributed by atoms with Crippen molar-refractivity contribution in [1.82, 2.24) is 10.2 Å². The lowest BCUT2D eigenvalue weighted by Gasteiger charge is -2.21. The van der Waals surface area contributed by atoms with Crippen molar-refractivity contribution in [2.45, 2.75) is 46.3 Å². The lowest BCUT2D eigenvalue weighted by Crippen LogP contribution is -2.35. The minimum Gasteiger partial charge on any atom is -0.468 e. The van der Waals surface area contributed by atoms with E-state index in [1.165, 1.54) is 5.56 Å². The van der Waals surface area contributed by atoms with Crippen molar-refractivity contribution in [3.05, 3.63) is 23.7 Å². The molecule has 4 nitrogen and oxygen atoms in total. The van der Waals surface area contributed by atoms with Crippen LogP contribution in [0.25, 0.3) is 0 Å². The van der Waals surface area contributed by atoms with E-state index in [9.17, 15) is 0 Å². The summed E-state index contributed by atoms with van der Waals surface area (Å²) in [5.41, 5.74) is 1.35. The van der Waals surface area contributed by atoms with Crippen molar-refractivity contribution in [1.29, 1.82) is 0 Å². The van der Waals surface area contributed by atoms with Gasteiger partial charge in [-0.05, 0) is 40.8 Å². The number of hydrogen-bond donors (Lipinski definition) is 1. The van der Waals surface area contributed by atoms with Crippen LogP contribution in [-0.2, 0) is 17.8 Å². The molecule has 110 valence electrons. The largest absolute Gasteiger partial charge is 0.468 e. The minimum atomic E-state index is 0.102. The molecule has 1 rings (SSSR count). The summed E-state index contributed by atoms with van der Waals surface area (Å²) in [5.74, 6) is 1.03. The second-order valence-corrected chi connectivity index (χ2v) is 5.91. The summed E-state index contributed by atoms with van der Waals surface area (Å²) < 4.78 is 10.9. The molecular weight excluding hydrogens is 240 g/mol. The van der Waals surface area contributed by atoms with Gasteiger partial charge < -0.3 is 14.5 Å². The molecule has 1 aromatic heterocycles. The summed E-state index contributed by atoms with van der Waals surface area (Å²) in [7, 11) is 2.10. The summed E-state index contributed by atoms with van der Waals surface area (Å²) >= 11 is 0. The number of ether oxygens (including phenoxy) is 1. The van der Waals surface area contributed by atoms with E-state index in [0.29, 0.717) is 0 Å². The van der Waals surface area contributed by atoms with Gasteiger partial charge in [-0.3, -0.25) is 4.90 Å². The predicted octanol–water partition coefficient (Wildman–Crippen LogP) is 2.64. The van der Waals surface area contributed by atoms with Gasteiger partial charge in [0.15, 0.2) is 0 Å². The fourth-order valence-electron chi connectivity index (χ4n) is 1.74. The molecule has 0 saturated carbocycles. The van der Waals surface area contributed by atoms with E-state index in [0.717, 1.165) is 38.6 Å². The van der Waals surface area contributed by atoms with Crippen molar-refractivity contribution in [3.8, 4) is 0 Å². The van der Waals surface area contributed by atoms with E-state index >= 15 is 0 Å². The monoisotopic (exact) mass is 268 g/mol. The van der Waals surface area contributed by atoms with Gasteiger partial charge in [0.05, 0.1) is 19.4 Å². The first-order valence-corrected chi connectivity index (χ1v) is 6.99. The van der Waals surface area contributed by atoms with Crippen molar-refractivity contribution in [2.75, 3.05) is 26.8 Å². The normalized spacial score (nSPS) is 12.3. The van der Waals surface area contributed by atoms with E-state index in [-0.39, 0.29) is 5.54 Å². The Morgan fingerprint density at radius 1 is 1.37 bits per heavy atom. The molecule has 0 saturated heterocycles. The molecule has 0 aliphatic heterocycles. The van der Waals surface area contributed by atoms with Crippen molar-refractivity contribution < 1.29 is 9.15 Å². The number of furan rings is 1. The van der Waals surface area contributed by atoms with Crippen molar-refractivity contribution in [3.63, 3.8) is 0 Å². The molecule has 0 aliphatic rings. The van der Waals surface area contributed by atoms with Gasteiger partial charge in [0, 0.05) is 30.8 Å². The summed E-state index contributed by atoms with van der Waals surface area (Å²) in [6.07, 6.45) is 1.77. The highest BCUT2D eigenvalue weighted by Gasteiger charge is 2.13. The Bertz CT molecular complexity index is 355. The van der Waals surface area contributed by atoms with Gasteiger partial charge in [0.1, 0.15) is 5.76 Å². The molecule has 4 heteroatoms. The average Bonchev–Trinajstić information content (AvgIpc) is 2.73. The van der Waals surface area contributed by atoms with Gasteiger partial charge >= 0.3 is 0 Å². The van der Waals surface area contributed by atoms with Crippen molar-refractivity contribution in [2.24, 2.45) is 0 Å². The van der Waals surface area contributed by atoms with Crippen LogP contribution in [0.2, 0.25) is 0 Å². The second kappa shape index (κ2) is 7.68. The molecule has 0 unspecified atom stereocenters. The molecule has 1 N–H and O–H groups in total. The molecule has 0 aliphatic carbocycles. The third kappa shape index (κ3) is 6.76. The number of hydrogen-bond acceptors (Lipinski definition) is 4. The van der Waals surface area contributed by atoms with Crippen LogP contribution in [0.1, 0.15) is 39.0 Å². The number of rotatable bonds is 8. The first-order chi connectivity index (χ1) is 8.92. The van der Waals surface area contributed by atoms with Crippen LogP contribution in [-0.4, -0.2) is 37.2 Å². The number of nitrogens with one attached hydrogen (secondary N) is 1. The smallest absolute Gasteiger partial charge is 0.122 e. The van der Waals surface area contributed by atoms with Gasteiger partial charge in [-0.2, -0.15) is 0 Å². The third-order valence-corrected chi connectivity index (χ3v) is 2.88. The second-order valence-electron chi connectivity index (χ2n) is 5.91. The molecule has 19 heavy (non-hydrogen) atoms. The lowest BCUT2D eigenvalue weighted by atomic mass is 10.1. The molecule has 0 bridgehead atoms. The van der Waals surface area contributed by atoms with Crippen LogP contribution in [0.3, 0.4) is 0 Å². The predicted molar refractivity (Wildman–Crippen MR) is 78.1 cm³/mol. The van der Waals surface area contributed by atoms with E-state index < -0.39 is 0 Å². The zero-order valence-electron chi connectivity index (χ0n) is 13.0. The Labute approximate surface area is 117 Å². The van der Waals surface area contributed by atoms with Crippen LogP contribution in [0, 0.1) is 0 Å². The molecule has 0 fully saturated rings. The molecule has 0 radical (unpaired) electrons. The molecule has 1 heterocycles. The maximum absolute atomic E-state index is 5.57. The maximum atomic E-state index is 5.57. The van der Waals surface area contributed by atoms with Gasteiger partial charge in [-0.15, -0.1) is 0 Å². The molecule has 0 aromatic carbocycles. The Morgan fingerprint density at radius 2 is 2.11 bits per heavy atom. The fraction of sp³-hybridized carbons (Fsp3) is 0.733. The van der Waals surface area contributed by atoms with Crippen LogP contribution in [0.5, 0.6) is 0 Å². The maximum Gasteiger partial charge on any atom is 0.122 e. The Hall–Kier alpha value is -0.840. The third-order valence-electron chi connectivity index (χ3n) is 2.88. The molecule has 0 atom stereocenters.